The van der Waals surface area contributed by atoms with E-state index in [1.54, 1.807) is 0 Å². The van der Waals surface area contributed by atoms with Gasteiger partial charge in [-0.25, -0.2) is 14.4 Å². The summed E-state index contributed by atoms with van der Waals surface area (Å²) in [6.45, 7) is 0.383. The number of nitrogens with zero attached hydrogens (tertiary/aromatic N) is 4. The van der Waals surface area contributed by atoms with Crippen LogP contribution >= 0.6 is 0 Å². The fourth-order valence-electron chi connectivity index (χ4n) is 3.48. The molecule has 5 N–H and O–H groups in total. The molecule has 32 heavy (non-hydrogen) atoms. The van der Waals surface area contributed by atoms with Gasteiger partial charge in [0.15, 0.2) is 0 Å². The van der Waals surface area contributed by atoms with Crippen molar-refractivity contribution in [1.82, 2.24) is 30.8 Å². The third-order valence-electron chi connectivity index (χ3n) is 4.66. The van der Waals surface area contributed by atoms with Crippen LogP contribution in [0.1, 0.15) is 6.42 Å². The average Bonchev–Trinajstić information content (AvgIpc) is 3.30. The van der Waals surface area contributed by atoms with Crippen molar-refractivity contribution in [2.45, 2.75) is 24.7 Å². The highest BCUT2D eigenvalue weighted by Crippen LogP contribution is 2.46. The van der Waals surface area contributed by atoms with Crippen molar-refractivity contribution in [3.8, 4) is 0 Å². The van der Waals surface area contributed by atoms with Gasteiger partial charge in [0, 0.05) is 11.5 Å². The molecule has 4 heterocycles. The zero-order valence-corrected chi connectivity index (χ0v) is 15.6. The average molecular weight is 465 g/mol. The summed E-state index contributed by atoms with van der Waals surface area (Å²) in [5.74, 6) is -3.27. The molecule has 4 rings (SSSR count). The quantitative estimate of drug-likeness (QED) is 0.281. The molecule has 174 valence electrons. The second-order valence-corrected chi connectivity index (χ2v) is 6.46. The first-order chi connectivity index (χ1) is 15.0. The number of nitrogens with one attached hydrogen (secondary N) is 3. The lowest BCUT2D eigenvalue weighted by Gasteiger charge is -2.48. The topological polar surface area (TPSA) is 209 Å². The molecule has 0 aliphatic carbocycles. The van der Waals surface area contributed by atoms with Gasteiger partial charge < -0.3 is 25.0 Å². The van der Waals surface area contributed by atoms with Gasteiger partial charge in [-0.3, -0.25) is 15.0 Å². The number of carbonyl (C=O) groups is 4. The van der Waals surface area contributed by atoms with Crippen molar-refractivity contribution >= 4 is 30.1 Å². The van der Waals surface area contributed by atoms with E-state index in [-0.39, 0.29) is 42.3 Å². The monoisotopic (exact) mass is 465 g/mol. The zero-order chi connectivity index (χ0) is 23.6. The number of hydrogen-bond donors (Lipinski definition) is 5. The molecule has 3 atom stereocenters. The van der Waals surface area contributed by atoms with Crippen LogP contribution in [0.3, 0.4) is 0 Å². The predicted molar refractivity (Wildman–Crippen MR) is 89.5 cm³/mol. The Hall–Kier alpha value is -3.96. The summed E-state index contributed by atoms with van der Waals surface area (Å²) in [7, 11) is 0. The van der Waals surface area contributed by atoms with Crippen LogP contribution in [0.25, 0.3) is 0 Å². The lowest BCUT2D eigenvalue weighted by molar-refractivity contribution is -0.192. The minimum atomic E-state index is -5.08. The van der Waals surface area contributed by atoms with Crippen LogP contribution in [0.2, 0.25) is 0 Å². The number of carboxylic acid groups (broad SMARTS) is 2. The normalized spacial score (nSPS) is 23.4. The summed E-state index contributed by atoms with van der Waals surface area (Å²) in [6, 6.07) is -0.578. The maximum Gasteiger partial charge on any atom is 0.512 e. The lowest BCUT2D eigenvalue weighted by Crippen LogP contribution is -2.71. The molecule has 0 saturated carbocycles. The van der Waals surface area contributed by atoms with Crippen LogP contribution in [-0.2, 0) is 19.1 Å². The van der Waals surface area contributed by atoms with Gasteiger partial charge in [0.05, 0.1) is 6.04 Å². The van der Waals surface area contributed by atoms with Gasteiger partial charge in [0.2, 0.25) is 11.8 Å². The Bertz CT molecular complexity index is 951. The smallest absolute Gasteiger partial charge is 0.475 e. The maximum atomic E-state index is 12.2. The standard InChI is InChI=1S/C12H13N7O6.C2HF3O2/c20-8-6-7-4(1-2-13-6)5(9(19(7)8)25-12(22)23)3-24-11(21)14-10-15-17-18-16-10;3-2(4,5)1(6)7/h4,6-7,13H,1-3H2,(H,22,23)(H2,14,15,16,17,18,21);(H,6,7)/t4?,6-,7+;/m0./s1. The summed E-state index contributed by atoms with van der Waals surface area (Å²) in [4.78, 5) is 45.1. The van der Waals surface area contributed by atoms with Gasteiger partial charge in [0.25, 0.3) is 5.95 Å². The van der Waals surface area contributed by atoms with Gasteiger partial charge in [0.1, 0.15) is 12.6 Å². The largest absolute Gasteiger partial charge is 0.512 e. The van der Waals surface area contributed by atoms with Gasteiger partial charge in [-0.05, 0) is 18.2 Å². The minimum absolute atomic E-state index is 0.0617. The summed E-state index contributed by atoms with van der Waals surface area (Å²) < 4.78 is 41.6. The second kappa shape index (κ2) is 8.65. The first-order valence-electron chi connectivity index (χ1n) is 8.68. The van der Waals surface area contributed by atoms with E-state index < -0.39 is 24.4 Å². The molecule has 0 spiro atoms. The molecule has 3 aliphatic heterocycles. The number of anilines is 1. The Morgan fingerprint density at radius 3 is 2.53 bits per heavy atom. The van der Waals surface area contributed by atoms with Crippen molar-refractivity contribution in [2.75, 3.05) is 18.5 Å². The molecule has 18 heteroatoms. The van der Waals surface area contributed by atoms with Crippen molar-refractivity contribution in [3.63, 3.8) is 0 Å². The Morgan fingerprint density at radius 2 is 1.97 bits per heavy atom. The van der Waals surface area contributed by atoms with E-state index in [9.17, 15) is 27.6 Å². The molecule has 2 fully saturated rings. The van der Waals surface area contributed by atoms with Gasteiger partial charge in [-0.15, -0.1) is 5.10 Å². The number of aliphatic carboxylic acids is 1. The van der Waals surface area contributed by atoms with E-state index >= 15 is 0 Å². The van der Waals surface area contributed by atoms with E-state index in [4.69, 9.17) is 24.5 Å². The summed E-state index contributed by atoms with van der Waals surface area (Å²) >= 11 is 0. The van der Waals surface area contributed by atoms with Crippen LogP contribution in [0.15, 0.2) is 11.5 Å². The second-order valence-electron chi connectivity index (χ2n) is 6.46. The van der Waals surface area contributed by atoms with E-state index in [0.29, 0.717) is 18.5 Å². The van der Waals surface area contributed by atoms with Crippen LogP contribution in [0, 0.1) is 5.92 Å². The van der Waals surface area contributed by atoms with E-state index in [1.165, 1.54) is 4.90 Å². The van der Waals surface area contributed by atoms with Crippen LogP contribution in [-0.4, -0.2) is 91.3 Å². The Labute approximate surface area is 174 Å². The number of amides is 2. The fourth-order valence-corrected chi connectivity index (χ4v) is 3.48. The van der Waals surface area contributed by atoms with Crippen molar-refractivity contribution in [3.05, 3.63) is 11.5 Å². The molecule has 0 radical (unpaired) electrons. The number of hydrogen-bond acceptors (Lipinski definition) is 10. The number of alkyl halides is 3. The van der Waals surface area contributed by atoms with Gasteiger partial charge >= 0.3 is 24.4 Å². The predicted octanol–water partition coefficient (Wildman–Crippen LogP) is -0.510. The number of β-lactam (4-membered cyclic amide) rings is 1. The van der Waals surface area contributed by atoms with E-state index in [0.717, 1.165) is 0 Å². The Kier molecular flexibility index (Phi) is 6.14. The molecule has 2 amide bonds. The van der Waals surface area contributed by atoms with Crippen LogP contribution in [0.5, 0.6) is 0 Å². The highest BCUT2D eigenvalue weighted by atomic mass is 19.4. The molecular weight excluding hydrogens is 451 g/mol. The third-order valence-corrected chi connectivity index (χ3v) is 4.66. The molecule has 1 aromatic rings. The van der Waals surface area contributed by atoms with Crippen molar-refractivity contribution < 1.29 is 52.0 Å². The molecule has 1 unspecified atom stereocenters. The number of aromatic nitrogens is 4. The van der Waals surface area contributed by atoms with Crippen LogP contribution in [0.4, 0.5) is 28.7 Å². The Morgan fingerprint density at radius 1 is 1.28 bits per heavy atom. The molecular formula is C14H14F3N7O8. The van der Waals surface area contributed by atoms with E-state index in [1.807, 2.05) is 0 Å². The number of halogens is 3. The summed E-state index contributed by atoms with van der Waals surface area (Å²) in [5, 5.41) is 34.0. The minimum Gasteiger partial charge on any atom is -0.475 e. The number of rotatable bonds is 4. The Balaban J connectivity index is 0.000000360. The molecule has 3 aliphatic rings. The lowest BCUT2D eigenvalue weighted by atomic mass is 9.79. The fraction of sp³-hybridized carbons (Fsp3) is 0.500. The van der Waals surface area contributed by atoms with Crippen molar-refractivity contribution in [2.24, 2.45) is 5.92 Å². The molecule has 0 bridgehead atoms. The SMILES string of the molecule is O=C(O)C(F)(F)F.O=C(O)OC1=C(COC(=O)Nc2nn[nH]n2)C2CCN[C@@H]3C(=O)N1[C@H]23. The van der Waals surface area contributed by atoms with Crippen LogP contribution < -0.4 is 10.6 Å². The number of piperidine rings is 1. The maximum absolute atomic E-state index is 12.2. The first kappa shape index (κ1) is 22.7. The molecule has 15 nitrogen and oxygen atoms in total. The van der Waals surface area contributed by atoms with Gasteiger partial charge in [-0.2, -0.15) is 18.4 Å². The number of carboxylic acids is 1. The molecule has 2 saturated heterocycles. The van der Waals surface area contributed by atoms with E-state index in [2.05, 4.69) is 31.3 Å². The summed E-state index contributed by atoms with van der Waals surface area (Å²) in [6.07, 6.45) is -6.79. The summed E-state index contributed by atoms with van der Waals surface area (Å²) in [5.41, 5.74) is 0.466. The highest BCUT2D eigenvalue weighted by molar-refractivity contribution is 5.93. The van der Waals surface area contributed by atoms with Crippen molar-refractivity contribution in [1.29, 1.82) is 0 Å². The first-order valence-corrected chi connectivity index (χ1v) is 8.68. The number of carbonyl (C=O) groups excluding carboxylic acids is 2. The zero-order valence-electron chi connectivity index (χ0n) is 15.6. The molecule has 0 aromatic carbocycles. The number of aromatic amines is 1. The number of H-pyrrole nitrogens is 1. The number of ether oxygens (including phenoxy) is 2. The van der Waals surface area contributed by atoms with Gasteiger partial charge in [-0.1, -0.05) is 5.10 Å². The molecule has 1 aromatic heterocycles. The number of tetrazole rings is 1. The highest BCUT2D eigenvalue weighted by Gasteiger charge is 2.61. The third kappa shape index (κ3) is 4.53.